The smallest absolute Gasteiger partial charge is 0.355 e. The van der Waals surface area contributed by atoms with Crippen molar-refractivity contribution < 1.29 is 22.8 Å². The first-order chi connectivity index (χ1) is 16.3. The lowest BCUT2D eigenvalue weighted by molar-refractivity contribution is -0.137. The number of hydrogen-bond acceptors (Lipinski definition) is 4. The summed E-state index contributed by atoms with van der Waals surface area (Å²) >= 11 is 0. The standard InChI is InChI=1S/C25H23F3N4O2/c26-25(27,28)18-6-5-7-19(16-18)30-21-9-2-1-8-20(21)24(34)32-14-11-17(12-15-32)23(33)31-22-10-3-4-13-29-22/h1-10,13,16-17,30H,11-12,14-15H2,(H,29,31,33). The molecule has 1 saturated heterocycles. The number of pyridine rings is 1. The molecule has 2 N–H and O–H groups in total. The molecule has 1 aliphatic rings. The largest absolute Gasteiger partial charge is 0.416 e. The topological polar surface area (TPSA) is 74.3 Å². The number of halogens is 3. The maximum Gasteiger partial charge on any atom is 0.416 e. The normalized spacial score (nSPS) is 14.5. The Morgan fingerprint density at radius 3 is 2.38 bits per heavy atom. The summed E-state index contributed by atoms with van der Waals surface area (Å²) in [6.45, 7) is 0.800. The highest BCUT2D eigenvalue weighted by Crippen LogP contribution is 2.32. The van der Waals surface area contributed by atoms with Gasteiger partial charge in [-0.1, -0.05) is 24.3 Å². The first-order valence-electron chi connectivity index (χ1n) is 10.9. The number of para-hydroxylation sites is 1. The number of rotatable bonds is 5. The molecule has 4 rings (SSSR count). The summed E-state index contributed by atoms with van der Waals surface area (Å²) in [4.78, 5) is 31.5. The van der Waals surface area contributed by atoms with E-state index in [1.54, 1.807) is 53.6 Å². The zero-order valence-electron chi connectivity index (χ0n) is 18.2. The van der Waals surface area contributed by atoms with Gasteiger partial charge in [-0.15, -0.1) is 0 Å². The summed E-state index contributed by atoms with van der Waals surface area (Å²) in [6, 6.07) is 16.8. The second-order valence-corrected chi connectivity index (χ2v) is 8.02. The summed E-state index contributed by atoms with van der Waals surface area (Å²) < 4.78 is 39.1. The Morgan fingerprint density at radius 2 is 1.68 bits per heavy atom. The summed E-state index contributed by atoms with van der Waals surface area (Å²) in [6.07, 6.45) is -1.84. The lowest BCUT2D eigenvalue weighted by Crippen LogP contribution is -2.41. The molecular formula is C25H23F3N4O2. The highest BCUT2D eigenvalue weighted by Gasteiger charge is 2.31. The van der Waals surface area contributed by atoms with E-state index in [0.717, 1.165) is 12.1 Å². The minimum absolute atomic E-state index is 0.127. The number of carbonyl (C=O) groups is 2. The molecule has 176 valence electrons. The van der Waals surface area contributed by atoms with Gasteiger partial charge in [-0.2, -0.15) is 13.2 Å². The highest BCUT2D eigenvalue weighted by atomic mass is 19.4. The van der Waals surface area contributed by atoms with Crippen molar-refractivity contribution in [1.29, 1.82) is 0 Å². The van der Waals surface area contributed by atoms with Crippen LogP contribution in [0.15, 0.2) is 72.9 Å². The molecule has 9 heteroatoms. The Morgan fingerprint density at radius 1 is 0.941 bits per heavy atom. The van der Waals surface area contributed by atoms with Gasteiger partial charge in [0.2, 0.25) is 5.91 Å². The van der Waals surface area contributed by atoms with Gasteiger partial charge >= 0.3 is 6.18 Å². The van der Waals surface area contributed by atoms with E-state index in [1.165, 1.54) is 12.1 Å². The fraction of sp³-hybridized carbons (Fsp3) is 0.240. The Labute approximate surface area is 194 Å². The van der Waals surface area contributed by atoms with E-state index in [2.05, 4.69) is 15.6 Å². The minimum atomic E-state index is -4.46. The fourth-order valence-electron chi connectivity index (χ4n) is 3.89. The van der Waals surface area contributed by atoms with E-state index < -0.39 is 11.7 Å². The number of nitrogens with zero attached hydrogens (tertiary/aromatic N) is 2. The molecule has 0 spiro atoms. The second kappa shape index (κ2) is 9.94. The fourth-order valence-corrected chi connectivity index (χ4v) is 3.89. The SMILES string of the molecule is O=C(Nc1ccccn1)C1CCN(C(=O)c2ccccc2Nc2cccc(C(F)(F)F)c2)CC1. The van der Waals surface area contributed by atoms with E-state index >= 15 is 0 Å². The minimum Gasteiger partial charge on any atom is -0.355 e. The van der Waals surface area contributed by atoms with Crippen LogP contribution in [0, 0.1) is 5.92 Å². The molecule has 3 aromatic rings. The van der Waals surface area contributed by atoms with Gasteiger partial charge in [-0.05, 0) is 55.3 Å². The van der Waals surface area contributed by atoms with Crippen LogP contribution in [0.4, 0.5) is 30.4 Å². The molecule has 1 aromatic heterocycles. The third kappa shape index (κ3) is 5.54. The third-order valence-electron chi connectivity index (χ3n) is 5.70. The molecule has 0 aliphatic carbocycles. The first kappa shape index (κ1) is 23.3. The van der Waals surface area contributed by atoms with Gasteiger partial charge in [-0.25, -0.2) is 4.98 Å². The summed E-state index contributed by atoms with van der Waals surface area (Å²) in [5.74, 6) is -0.110. The highest BCUT2D eigenvalue weighted by molar-refractivity contribution is 6.00. The van der Waals surface area contributed by atoms with Crippen molar-refractivity contribution in [1.82, 2.24) is 9.88 Å². The van der Waals surface area contributed by atoms with E-state index in [4.69, 9.17) is 0 Å². The molecule has 0 radical (unpaired) electrons. The third-order valence-corrected chi connectivity index (χ3v) is 5.70. The van der Waals surface area contributed by atoms with Gasteiger partial charge in [0.05, 0.1) is 16.8 Å². The molecule has 0 unspecified atom stereocenters. The number of aromatic nitrogens is 1. The van der Waals surface area contributed by atoms with Crippen LogP contribution >= 0.6 is 0 Å². The molecule has 2 heterocycles. The summed E-state index contributed by atoms with van der Waals surface area (Å²) in [7, 11) is 0. The Hall–Kier alpha value is -3.88. The van der Waals surface area contributed by atoms with Crippen molar-refractivity contribution in [3.8, 4) is 0 Å². The van der Waals surface area contributed by atoms with Crippen molar-refractivity contribution in [2.75, 3.05) is 23.7 Å². The van der Waals surface area contributed by atoms with Crippen LogP contribution < -0.4 is 10.6 Å². The van der Waals surface area contributed by atoms with Gasteiger partial charge in [0.15, 0.2) is 0 Å². The van der Waals surface area contributed by atoms with Gasteiger partial charge in [0.1, 0.15) is 5.82 Å². The maximum atomic E-state index is 13.2. The number of alkyl halides is 3. The summed E-state index contributed by atoms with van der Waals surface area (Å²) in [5.41, 5.74) is 0.241. The Kier molecular flexibility index (Phi) is 6.81. The number of anilines is 3. The average Bonchev–Trinajstić information content (AvgIpc) is 2.84. The molecule has 2 aromatic carbocycles. The molecule has 2 amide bonds. The van der Waals surface area contributed by atoms with Crippen LogP contribution in [-0.2, 0) is 11.0 Å². The van der Waals surface area contributed by atoms with Crippen LogP contribution in [-0.4, -0.2) is 34.8 Å². The van der Waals surface area contributed by atoms with Gasteiger partial charge < -0.3 is 15.5 Å². The second-order valence-electron chi connectivity index (χ2n) is 8.02. The lowest BCUT2D eigenvalue weighted by Gasteiger charge is -2.31. The predicted octanol–water partition coefficient (Wildman–Crippen LogP) is 5.33. The Bertz CT molecular complexity index is 1160. The monoisotopic (exact) mass is 468 g/mol. The number of benzene rings is 2. The van der Waals surface area contributed by atoms with Crippen LogP contribution in [0.5, 0.6) is 0 Å². The van der Waals surface area contributed by atoms with Crippen LogP contribution in [0.3, 0.4) is 0 Å². The average molecular weight is 468 g/mol. The quantitative estimate of drug-likeness (QED) is 0.531. The zero-order chi connectivity index (χ0) is 24.1. The summed E-state index contributed by atoms with van der Waals surface area (Å²) in [5, 5.41) is 5.74. The van der Waals surface area contributed by atoms with Crippen molar-refractivity contribution in [2.24, 2.45) is 5.92 Å². The van der Waals surface area contributed by atoms with E-state index in [1.807, 2.05) is 0 Å². The lowest BCUT2D eigenvalue weighted by atomic mass is 9.95. The van der Waals surface area contributed by atoms with E-state index in [-0.39, 0.29) is 23.4 Å². The molecule has 6 nitrogen and oxygen atoms in total. The molecule has 0 saturated carbocycles. The predicted molar refractivity (Wildman–Crippen MR) is 123 cm³/mol. The Balaban J connectivity index is 1.41. The van der Waals surface area contributed by atoms with E-state index in [0.29, 0.717) is 43.0 Å². The van der Waals surface area contributed by atoms with Crippen molar-refractivity contribution in [3.05, 3.63) is 84.1 Å². The van der Waals surface area contributed by atoms with Crippen LogP contribution in [0.1, 0.15) is 28.8 Å². The number of amides is 2. The van der Waals surface area contributed by atoms with Crippen molar-refractivity contribution in [2.45, 2.75) is 19.0 Å². The molecule has 0 bridgehead atoms. The number of carbonyl (C=O) groups excluding carboxylic acids is 2. The molecule has 0 atom stereocenters. The molecule has 1 aliphatic heterocycles. The van der Waals surface area contributed by atoms with Gasteiger partial charge in [0, 0.05) is 30.9 Å². The maximum absolute atomic E-state index is 13.2. The van der Waals surface area contributed by atoms with Crippen LogP contribution in [0.25, 0.3) is 0 Å². The van der Waals surface area contributed by atoms with Crippen LogP contribution in [0.2, 0.25) is 0 Å². The van der Waals surface area contributed by atoms with Crippen molar-refractivity contribution >= 4 is 29.0 Å². The van der Waals surface area contributed by atoms with E-state index in [9.17, 15) is 22.8 Å². The molecule has 34 heavy (non-hydrogen) atoms. The van der Waals surface area contributed by atoms with Crippen molar-refractivity contribution in [3.63, 3.8) is 0 Å². The molecular weight excluding hydrogens is 445 g/mol. The molecule has 1 fully saturated rings. The number of likely N-dealkylation sites (tertiary alicyclic amines) is 1. The number of piperidine rings is 1. The first-order valence-corrected chi connectivity index (χ1v) is 10.9. The zero-order valence-corrected chi connectivity index (χ0v) is 18.2. The number of hydrogen-bond donors (Lipinski definition) is 2. The van der Waals surface area contributed by atoms with Gasteiger partial charge in [0.25, 0.3) is 5.91 Å². The number of nitrogens with one attached hydrogen (secondary N) is 2. The van der Waals surface area contributed by atoms with Gasteiger partial charge in [-0.3, -0.25) is 9.59 Å².